The predicted molar refractivity (Wildman–Crippen MR) is 185 cm³/mol. The molecule has 0 amide bonds. The van der Waals surface area contributed by atoms with Crippen molar-refractivity contribution in [3.05, 3.63) is 17.7 Å². The molecule has 0 radical (unpaired) electrons. The van der Waals surface area contributed by atoms with Crippen molar-refractivity contribution in [2.45, 2.75) is 233 Å². The maximum absolute atomic E-state index is 5.13. The quantitative estimate of drug-likeness (QED) is 0.0809. The van der Waals surface area contributed by atoms with Gasteiger partial charge in [-0.25, -0.2) is 4.98 Å². The third-order valence-corrected chi connectivity index (χ3v) is 9.35. The molecule has 0 saturated carbocycles. The van der Waals surface area contributed by atoms with Crippen molar-refractivity contribution in [1.82, 2.24) is 9.55 Å². The largest absolute Gasteiger partial charge is 0.334 e. The monoisotopic (exact) mass is 573 g/mol. The Labute approximate surface area is 259 Å². The average molecular weight is 573 g/mol. The van der Waals surface area contributed by atoms with E-state index in [1.165, 1.54) is 191 Å². The lowest BCUT2D eigenvalue weighted by atomic mass is 10.0. The maximum atomic E-state index is 5.13. The summed E-state index contributed by atoms with van der Waals surface area (Å²) >= 11 is 0. The molecule has 1 atom stereocenters. The lowest BCUT2D eigenvalue weighted by Gasteiger charge is -2.14. The van der Waals surface area contributed by atoms with E-state index in [1.54, 1.807) is 0 Å². The molecule has 242 valence electrons. The van der Waals surface area contributed by atoms with Gasteiger partial charge in [0.1, 0.15) is 5.82 Å². The molecule has 0 aliphatic rings. The van der Waals surface area contributed by atoms with Crippen LogP contribution in [-0.4, -0.2) is 9.55 Å². The van der Waals surface area contributed by atoms with Crippen LogP contribution in [-0.2, 0) is 6.54 Å². The fourth-order valence-electron chi connectivity index (χ4n) is 6.38. The van der Waals surface area contributed by atoms with E-state index in [2.05, 4.69) is 45.4 Å². The molecule has 0 bridgehead atoms. The van der Waals surface area contributed by atoms with E-state index in [1.807, 2.05) is 0 Å². The van der Waals surface area contributed by atoms with Crippen LogP contribution in [0.3, 0.4) is 0 Å². The van der Waals surface area contributed by atoms with Crippen molar-refractivity contribution in [3.63, 3.8) is 0 Å². The van der Waals surface area contributed by atoms with Crippen LogP contribution in [0.5, 0.6) is 0 Å². The zero-order valence-corrected chi connectivity index (χ0v) is 29.1. The first kappa shape index (κ1) is 38.2. The second kappa shape index (κ2) is 28.0. The summed E-state index contributed by atoms with van der Waals surface area (Å²) in [4.78, 5) is 5.13. The predicted octanol–water partition coefficient (Wildman–Crippen LogP) is 14.1. The van der Waals surface area contributed by atoms with E-state index in [9.17, 15) is 0 Å². The summed E-state index contributed by atoms with van der Waals surface area (Å²) in [6.45, 7) is 12.8. The highest BCUT2D eigenvalue weighted by atomic mass is 15.1. The van der Waals surface area contributed by atoms with Crippen LogP contribution < -0.4 is 0 Å². The van der Waals surface area contributed by atoms with Gasteiger partial charge in [0.15, 0.2) is 0 Å². The van der Waals surface area contributed by atoms with Crippen molar-refractivity contribution in [3.8, 4) is 0 Å². The molecule has 0 spiro atoms. The summed E-state index contributed by atoms with van der Waals surface area (Å²) in [5, 5.41) is 0. The van der Waals surface area contributed by atoms with Crippen LogP contribution in [0.2, 0.25) is 0 Å². The van der Waals surface area contributed by atoms with E-state index >= 15 is 0 Å². The molecular weight excluding hydrogens is 496 g/mol. The zero-order valence-electron chi connectivity index (χ0n) is 29.1. The fourth-order valence-corrected chi connectivity index (χ4v) is 6.38. The number of hydrogen-bond acceptors (Lipinski definition) is 1. The Hall–Kier alpha value is -0.790. The molecule has 2 nitrogen and oxygen atoms in total. The first-order chi connectivity index (χ1) is 20.1. The van der Waals surface area contributed by atoms with E-state index in [-0.39, 0.29) is 0 Å². The Balaban J connectivity index is 2.10. The molecule has 1 rings (SSSR count). The minimum Gasteiger partial charge on any atom is -0.334 e. The van der Waals surface area contributed by atoms with Crippen molar-refractivity contribution in [1.29, 1.82) is 0 Å². The van der Waals surface area contributed by atoms with Gasteiger partial charge in [-0.1, -0.05) is 202 Å². The second-order valence-electron chi connectivity index (χ2n) is 13.9. The van der Waals surface area contributed by atoms with Crippen LogP contribution in [0.4, 0.5) is 0 Å². The third-order valence-electron chi connectivity index (χ3n) is 9.35. The second-order valence-corrected chi connectivity index (χ2v) is 13.9. The topological polar surface area (TPSA) is 17.8 Å². The highest BCUT2D eigenvalue weighted by Crippen LogP contribution is 2.25. The molecule has 0 saturated heterocycles. The fraction of sp³-hybridized carbons (Fsp3) is 0.923. The van der Waals surface area contributed by atoms with E-state index < -0.39 is 0 Å². The van der Waals surface area contributed by atoms with Gasteiger partial charge in [0, 0.05) is 18.7 Å². The first-order valence-corrected chi connectivity index (χ1v) is 19.2. The summed E-state index contributed by atoms with van der Waals surface area (Å²) in [5.74, 6) is 2.47. The van der Waals surface area contributed by atoms with Gasteiger partial charge in [0.25, 0.3) is 0 Å². The summed E-state index contributed by atoms with van der Waals surface area (Å²) in [6, 6.07) is 0. The number of aromatic nitrogens is 2. The smallest absolute Gasteiger partial charge is 0.111 e. The van der Waals surface area contributed by atoms with Gasteiger partial charge in [-0.2, -0.15) is 0 Å². The molecule has 1 unspecified atom stereocenters. The van der Waals surface area contributed by atoms with E-state index in [4.69, 9.17) is 4.98 Å². The Morgan fingerprint density at radius 1 is 0.488 bits per heavy atom. The molecular formula is C39H76N2. The molecule has 1 aromatic rings. The first-order valence-electron chi connectivity index (χ1n) is 19.2. The van der Waals surface area contributed by atoms with Crippen molar-refractivity contribution < 1.29 is 0 Å². The normalized spacial score (nSPS) is 12.5. The Morgan fingerprint density at radius 2 is 0.829 bits per heavy atom. The SMILES string of the molecule is CCCCCCCCCCCCCCCCCCCn1cc(C(C)C)nc1C(C)CCCCCCCCCCCC. The van der Waals surface area contributed by atoms with Crippen LogP contribution in [0.15, 0.2) is 6.20 Å². The van der Waals surface area contributed by atoms with Gasteiger partial charge in [0.2, 0.25) is 0 Å². The molecule has 2 heteroatoms. The van der Waals surface area contributed by atoms with Crippen molar-refractivity contribution in [2.24, 2.45) is 0 Å². The minimum absolute atomic E-state index is 0.523. The van der Waals surface area contributed by atoms with Gasteiger partial charge >= 0.3 is 0 Å². The number of hydrogen-bond donors (Lipinski definition) is 0. The van der Waals surface area contributed by atoms with Crippen LogP contribution in [0.1, 0.15) is 238 Å². The average Bonchev–Trinajstić information content (AvgIpc) is 3.40. The standard InChI is InChI=1S/C39H76N2/c1-6-8-10-12-14-16-18-19-20-21-22-23-24-26-28-30-32-34-41-35-38(36(3)4)40-39(41)37(5)33-31-29-27-25-17-15-13-11-9-7-2/h35-37H,6-34H2,1-5H3. The van der Waals surface area contributed by atoms with Gasteiger partial charge in [-0.05, 0) is 18.8 Å². The van der Waals surface area contributed by atoms with Gasteiger partial charge < -0.3 is 4.57 Å². The molecule has 41 heavy (non-hydrogen) atoms. The summed E-state index contributed by atoms with van der Waals surface area (Å²) in [6.07, 6.45) is 42.3. The Morgan fingerprint density at radius 3 is 1.20 bits per heavy atom. The van der Waals surface area contributed by atoms with E-state index in [0.717, 1.165) is 6.54 Å². The molecule has 0 aliphatic heterocycles. The van der Waals surface area contributed by atoms with Crippen LogP contribution in [0, 0.1) is 0 Å². The van der Waals surface area contributed by atoms with Crippen LogP contribution >= 0.6 is 0 Å². The molecule has 0 N–H and O–H groups in total. The summed E-state index contributed by atoms with van der Waals surface area (Å²) in [5.41, 5.74) is 1.29. The minimum atomic E-state index is 0.523. The number of nitrogens with zero attached hydrogens (tertiary/aromatic N) is 2. The van der Waals surface area contributed by atoms with Gasteiger partial charge in [-0.15, -0.1) is 0 Å². The highest BCUT2D eigenvalue weighted by Gasteiger charge is 2.16. The summed E-state index contributed by atoms with van der Waals surface area (Å²) in [7, 11) is 0. The van der Waals surface area contributed by atoms with Gasteiger partial charge in [0.05, 0.1) is 5.69 Å². The number of imidazole rings is 1. The number of unbranched alkanes of at least 4 members (excludes halogenated alkanes) is 25. The molecule has 0 fully saturated rings. The van der Waals surface area contributed by atoms with E-state index in [0.29, 0.717) is 11.8 Å². The maximum Gasteiger partial charge on any atom is 0.111 e. The summed E-state index contributed by atoms with van der Waals surface area (Å²) < 4.78 is 2.53. The third kappa shape index (κ3) is 21.5. The molecule has 1 aromatic heterocycles. The lowest BCUT2D eigenvalue weighted by Crippen LogP contribution is -2.07. The highest BCUT2D eigenvalue weighted by molar-refractivity contribution is 5.11. The Kier molecular flexibility index (Phi) is 26.1. The van der Waals surface area contributed by atoms with Crippen LogP contribution in [0.25, 0.3) is 0 Å². The molecule has 0 aliphatic carbocycles. The Bertz CT molecular complexity index is 661. The van der Waals surface area contributed by atoms with Gasteiger partial charge in [-0.3, -0.25) is 0 Å². The molecule has 1 heterocycles. The number of rotatable bonds is 31. The van der Waals surface area contributed by atoms with Crippen molar-refractivity contribution >= 4 is 0 Å². The lowest BCUT2D eigenvalue weighted by molar-refractivity contribution is 0.495. The van der Waals surface area contributed by atoms with Crippen molar-refractivity contribution in [2.75, 3.05) is 0 Å². The number of aryl methyl sites for hydroxylation is 1. The zero-order chi connectivity index (χ0) is 29.8. The molecule has 0 aromatic carbocycles.